The van der Waals surface area contributed by atoms with Crippen LogP contribution in [0.5, 0.6) is 0 Å². The molecule has 0 spiro atoms. The zero-order valence-corrected chi connectivity index (χ0v) is 4.20. The second-order valence-electron chi connectivity index (χ2n) is 1.41. The molecule has 44 valence electrons. The second kappa shape index (κ2) is 2.49. The molecule has 1 N–H and O–H groups in total. The molecule has 3 nitrogen and oxygen atoms in total. The average Bonchev–Trinajstić information content (AvgIpc) is 2.19. The van der Waals surface area contributed by atoms with E-state index in [2.05, 4.69) is 9.30 Å². The van der Waals surface area contributed by atoms with E-state index < -0.39 is 0 Å². The lowest BCUT2D eigenvalue weighted by Gasteiger charge is -1.85. The third-order valence-corrected chi connectivity index (χ3v) is 0.811. The first-order chi connectivity index (χ1) is 3.93. The van der Waals surface area contributed by atoms with Crippen LogP contribution in [0.15, 0.2) is 23.0 Å². The van der Waals surface area contributed by atoms with Crippen LogP contribution in [0.1, 0.15) is 5.56 Å². The molecule has 1 aromatic rings. The van der Waals surface area contributed by atoms with Gasteiger partial charge in [-0.3, -0.25) is 5.26 Å². The summed E-state index contributed by atoms with van der Waals surface area (Å²) in [6.45, 7) is 0.191. The first kappa shape index (κ1) is 5.34. The van der Waals surface area contributed by atoms with E-state index in [1.807, 2.05) is 0 Å². The Balaban J connectivity index is 2.50. The minimum absolute atomic E-state index is 0.191. The smallest absolute Gasteiger partial charge is 0.110 e. The van der Waals surface area contributed by atoms with Crippen molar-refractivity contribution in [2.45, 2.75) is 6.61 Å². The Morgan fingerprint density at radius 3 is 3.12 bits per heavy atom. The highest BCUT2D eigenvalue weighted by atomic mass is 17.1. The number of rotatable bonds is 2. The molecule has 0 bridgehead atoms. The van der Waals surface area contributed by atoms with Crippen molar-refractivity contribution in [3.63, 3.8) is 0 Å². The Kier molecular flexibility index (Phi) is 1.66. The molecule has 0 atom stereocenters. The van der Waals surface area contributed by atoms with E-state index >= 15 is 0 Å². The first-order valence-electron chi connectivity index (χ1n) is 2.21. The van der Waals surface area contributed by atoms with Crippen LogP contribution in [0.25, 0.3) is 0 Å². The highest BCUT2D eigenvalue weighted by Gasteiger charge is 1.89. The summed E-state index contributed by atoms with van der Waals surface area (Å²) in [5.74, 6) is 0. The SMILES string of the molecule is OOCc1ccoc1. The van der Waals surface area contributed by atoms with Gasteiger partial charge in [-0.2, -0.15) is 0 Å². The van der Waals surface area contributed by atoms with Crippen LogP contribution in [0.2, 0.25) is 0 Å². The minimum Gasteiger partial charge on any atom is -0.472 e. The Morgan fingerprint density at radius 1 is 1.75 bits per heavy atom. The molecule has 0 saturated carbocycles. The van der Waals surface area contributed by atoms with E-state index in [4.69, 9.17) is 5.26 Å². The molecule has 0 aromatic carbocycles. The average molecular weight is 114 g/mol. The molecule has 0 amide bonds. The Morgan fingerprint density at radius 2 is 2.62 bits per heavy atom. The van der Waals surface area contributed by atoms with Crippen LogP contribution in [-0.4, -0.2) is 5.26 Å². The van der Waals surface area contributed by atoms with Crippen molar-refractivity contribution in [2.24, 2.45) is 0 Å². The highest BCUT2D eigenvalue weighted by Crippen LogP contribution is 1.99. The van der Waals surface area contributed by atoms with Crippen molar-refractivity contribution in [3.05, 3.63) is 24.2 Å². The van der Waals surface area contributed by atoms with Crippen molar-refractivity contribution in [1.29, 1.82) is 0 Å². The summed E-state index contributed by atoms with van der Waals surface area (Å²) in [7, 11) is 0. The summed E-state index contributed by atoms with van der Waals surface area (Å²) in [6, 6.07) is 1.72. The van der Waals surface area contributed by atoms with Crippen LogP contribution in [0, 0.1) is 0 Å². The van der Waals surface area contributed by atoms with Crippen molar-refractivity contribution >= 4 is 0 Å². The van der Waals surface area contributed by atoms with E-state index in [1.54, 1.807) is 6.07 Å². The predicted octanol–water partition coefficient (Wildman–Crippen LogP) is 1.27. The van der Waals surface area contributed by atoms with Crippen molar-refractivity contribution in [3.8, 4) is 0 Å². The van der Waals surface area contributed by atoms with Gasteiger partial charge in [-0.1, -0.05) is 0 Å². The van der Waals surface area contributed by atoms with Crippen LogP contribution in [0.3, 0.4) is 0 Å². The molecule has 0 saturated heterocycles. The number of hydrogen-bond donors (Lipinski definition) is 1. The van der Waals surface area contributed by atoms with E-state index in [1.165, 1.54) is 12.5 Å². The van der Waals surface area contributed by atoms with Gasteiger partial charge in [0.15, 0.2) is 0 Å². The van der Waals surface area contributed by atoms with Gasteiger partial charge in [0.2, 0.25) is 0 Å². The standard InChI is InChI=1S/C5H6O3/c6-8-4-5-1-2-7-3-5/h1-3,6H,4H2. The van der Waals surface area contributed by atoms with Gasteiger partial charge in [0.05, 0.1) is 12.5 Å². The molecule has 0 aliphatic carbocycles. The molecule has 8 heavy (non-hydrogen) atoms. The second-order valence-corrected chi connectivity index (χ2v) is 1.41. The fraction of sp³-hybridized carbons (Fsp3) is 0.200. The molecule has 3 heteroatoms. The van der Waals surface area contributed by atoms with Gasteiger partial charge in [-0.15, -0.1) is 0 Å². The molecule has 0 aliphatic rings. The summed E-state index contributed by atoms with van der Waals surface area (Å²) in [6.07, 6.45) is 3.03. The zero-order chi connectivity index (χ0) is 5.82. The molecule has 0 fully saturated rings. The Bertz CT molecular complexity index is 133. The summed E-state index contributed by atoms with van der Waals surface area (Å²) in [5, 5.41) is 7.90. The normalized spacial score (nSPS) is 9.62. The molecule has 1 heterocycles. The van der Waals surface area contributed by atoms with Gasteiger partial charge in [0.25, 0.3) is 0 Å². The van der Waals surface area contributed by atoms with Crippen LogP contribution in [-0.2, 0) is 11.5 Å². The van der Waals surface area contributed by atoms with Crippen LogP contribution < -0.4 is 0 Å². The van der Waals surface area contributed by atoms with Gasteiger partial charge in [-0.25, -0.2) is 4.89 Å². The van der Waals surface area contributed by atoms with E-state index in [9.17, 15) is 0 Å². The molecule has 0 radical (unpaired) electrons. The third kappa shape index (κ3) is 1.08. The lowest BCUT2D eigenvalue weighted by Crippen LogP contribution is -1.81. The molecular formula is C5H6O3. The fourth-order valence-electron chi connectivity index (χ4n) is 0.449. The lowest BCUT2D eigenvalue weighted by atomic mass is 10.4. The molecule has 1 aromatic heterocycles. The monoisotopic (exact) mass is 114 g/mol. The number of hydrogen-bond acceptors (Lipinski definition) is 3. The largest absolute Gasteiger partial charge is 0.472 e. The minimum atomic E-state index is 0.191. The van der Waals surface area contributed by atoms with Crippen LogP contribution in [0.4, 0.5) is 0 Å². The quantitative estimate of drug-likeness (QED) is 0.465. The first-order valence-corrected chi connectivity index (χ1v) is 2.21. The fourth-order valence-corrected chi connectivity index (χ4v) is 0.449. The zero-order valence-electron chi connectivity index (χ0n) is 4.20. The lowest BCUT2D eigenvalue weighted by molar-refractivity contribution is -0.253. The summed E-state index contributed by atoms with van der Waals surface area (Å²) in [5.41, 5.74) is 0.826. The Hall–Kier alpha value is -0.800. The maximum atomic E-state index is 7.90. The van der Waals surface area contributed by atoms with Crippen LogP contribution >= 0.6 is 0 Å². The topological polar surface area (TPSA) is 42.6 Å². The molecular weight excluding hydrogens is 108 g/mol. The summed E-state index contributed by atoms with van der Waals surface area (Å²) >= 11 is 0. The number of furan rings is 1. The van der Waals surface area contributed by atoms with E-state index in [0.717, 1.165) is 5.56 Å². The Labute approximate surface area is 46.4 Å². The van der Waals surface area contributed by atoms with Gasteiger partial charge >= 0.3 is 0 Å². The van der Waals surface area contributed by atoms with Crippen molar-refractivity contribution in [1.82, 2.24) is 0 Å². The predicted molar refractivity (Wildman–Crippen MR) is 26.1 cm³/mol. The van der Waals surface area contributed by atoms with Gasteiger partial charge in [-0.05, 0) is 6.07 Å². The summed E-state index contributed by atoms with van der Waals surface area (Å²) < 4.78 is 4.68. The van der Waals surface area contributed by atoms with E-state index in [0.29, 0.717) is 0 Å². The van der Waals surface area contributed by atoms with Crippen molar-refractivity contribution < 1.29 is 14.6 Å². The third-order valence-electron chi connectivity index (χ3n) is 0.811. The molecule has 1 rings (SSSR count). The van der Waals surface area contributed by atoms with Gasteiger partial charge in [0, 0.05) is 5.56 Å². The maximum absolute atomic E-state index is 7.90. The van der Waals surface area contributed by atoms with Crippen molar-refractivity contribution in [2.75, 3.05) is 0 Å². The van der Waals surface area contributed by atoms with E-state index in [-0.39, 0.29) is 6.61 Å². The molecule has 0 unspecified atom stereocenters. The summed E-state index contributed by atoms with van der Waals surface area (Å²) in [4.78, 5) is 3.83. The maximum Gasteiger partial charge on any atom is 0.110 e. The highest BCUT2D eigenvalue weighted by molar-refractivity contribution is 5.02. The van der Waals surface area contributed by atoms with Gasteiger partial charge < -0.3 is 4.42 Å². The molecule has 0 aliphatic heterocycles. The van der Waals surface area contributed by atoms with Gasteiger partial charge in [0.1, 0.15) is 6.61 Å².